The van der Waals surface area contributed by atoms with E-state index in [0.717, 1.165) is 38.0 Å². The molecule has 0 saturated carbocycles. The number of aryl methyl sites for hydroxylation is 1. The Hall–Kier alpha value is -1.55. The molecule has 1 aromatic rings. The molecule has 0 spiro atoms. The van der Waals surface area contributed by atoms with Crippen LogP contribution in [-0.4, -0.2) is 30.1 Å². The van der Waals surface area contributed by atoms with E-state index in [1.165, 1.54) is 18.4 Å². The Morgan fingerprint density at radius 3 is 2.55 bits per heavy atom. The summed E-state index contributed by atoms with van der Waals surface area (Å²) in [6.45, 7) is 3.70. The van der Waals surface area contributed by atoms with Crippen LogP contribution >= 0.6 is 0 Å². The average molecular weight is 275 g/mol. The largest absolute Gasteiger partial charge is 0.328 e. The molecule has 20 heavy (non-hydrogen) atoms. The van der Waals surface area contributed by atoms with Gasteiger partial charge in [0.05, 0.1) is 0 Å². The topological polar surface area (TPSA) is 58.4 Å². The molecule has 0 unspecified atom stereocenters. The molecule has 2 rings (SSSR count). The standard InChI is InChI=1S/C16H25N3O/c1-2-3-4-13-5-7-15(8-6-13)18-16(20)19-11-9-14(17)10-12-19/h5-8,14H,2-4,9-12,17H2,1H3,(H,18,20). The van der Waals surface area contributed by atoms with Crippen molar-refractivity contribution in [3.63, 3.8) is 0 Å². The van der Waals surface area contributed by atoms with Crippen molar-refractivity contribution >= 4 is 11.7 Å². The van der Waals surface area contributed by atoms with Crippen LogP contribution in [0, 0.1) is 0 Å². The zero-order chi connectivity index (χ0) is 14.4. The number of urea groups is 1. The molecule has 0 radical (unpaired) electrons. The molecule has 1 heterocycles. The van der Waals surface area contributed by atoms with E-state index in [1.807, 2.05) is 17.0 Å². The van der Waals surface area contributed by atoms with Gasteiger partial charge in [0.15, 0.2) is 0 Å². The molecular formula is C16H25N3O. The highest BCUT2D eigenvalue weighted by molar-refractivity contribution is 5.89. The second-order valence-corrected chi connectivity index (χ2v) is 5.56. The lowest BCUT2D eigenvalue weighted by molar-refractivity contribution is 0.195. The van der Waals surface area contributed by atoms with Gasteiger partial charge in [0.25, 0.3) is 0 Å². The third-order valence-corrected chi connectivity index (χ3v) is 3.85. The number of carbonyl (C=O) groups is 1. The van der Waals surface area contributed by atoms with Crippen molar-refractivity contribution in [3.8, 4) is 0 Å². The molecular weight excluding hydrogens is 250 g/mol. The van der Waals surface area contributed by atoms with Crippen LogP contribution in [0.25, 0.3) is 0 Å². The van der Waals surface area contributed by atoms with Gasteiger partial charge in [0, 0.05) is 24.8 Å². The molecule has 1 aliphatic rings. The molecule has 0 atom stereocenters. The summed E-state index contributed by atoms with van der Waals surface area (Å²) >= 11 is 0. The van der Waals surface area contributed by atoms with Crippen molar-refractivity contribution in [2.45, 2.75) is 45.1 Å². The molecule has 1 saturated heterocycles. The Morgan fingerprint density at radius 2 is 1.95 bits per heavy atom. The van der Waals surface area contributed by atoms with Gasteiger partial charge in [-0.25, -0.2) is 4.79 Å². The van der Waals surface area contributed by atoms with Gasteiger partial charge in [0.1, 0.15) is 0 Å². The molecule has 1 fully saturated rings. The van der Waals surface area contributed by atoms with Crippen molar-refractivity contribution in [2.24, 2.45) is 5.73 Å². The smallest absolute Gasteiger partial charge is 0.321 e. The van der Waals surface area contributed by atoms with Crippen LogP contribution in [-0.2, 0) is 6.42 Å². The van der Waals surface area contributed by atoms with E-state index in [-0.39, 0.29) is 12.1 Å². The molecule has 3 N–H and O–H groups in total. The van der Waals surface area contributed by atoms with E-state index < -0.39 is 0 Å². The maximum absolute atomic E-state index is 12.1. The number of anilines is 1. The molecule has 0 aromatic heterocycles. The average Bonchev–Trinajstić information content (AvgIpc) is 2.47. The van der Waals surface area contributed by atoms with E-state index in [9.17, 15) is 4.79 Å². The fourth-order valence-corrected chi connectivity index (χ4v) is 2.44. The molecule has 4 nitrogen and oxygen atoms in total. The molecule has 1 aliphatic heterocycles. The number of nitrogens with two attached hydrogens (primary N) is 1. The predicted octanol–water partition coefficient (Wildman–Crippen LogP) is 2.98. The summed E-state index contributed by atoms with van der Waals surface area (Å²) < 4.78 is 0. The second kappa shape index (κ2) is 7.29. The minimum absolute atomic E-state index is 0.0155. The van der Waals surface area contributed by atoms with Gasteiger partial charge < -0.3 is 16.0 Å². The molecule has 2 amide bonds. The van der Waals surface area contributed by atoms with Crippen molar-refractivity contribution in [1.29, 1.82) is 0 Å². The number of piperidine rings is 1. The number of benzene rings is 1. The minimum Gasteiger partial charge on any atom is -0.328 e. The Bertz CT molecular complexity index is 422. The summed E-state index contributed by atoms with van der Waals surface area (Å²) in [6.07, 6.45) is 5.30. The SMILES string of the molecule is CCCCc1ccc(NC(=O)N2CCC(N)CC2)cc1. The molecule has 4 heteroatoms. The Morgan fingerprint density at radius 1 is 1.30 bits per heavy atom. The highest BCUT2D eigenvalue weighted by atomic mass is 16.2. The van der Waals surface area contributed by atoms with Gasteiger partial charge in [-0.3, -0.25) is 0 Å². The zero-order valence-corrected chi connectivity index (χ0v) is 12.3. The highest BCUT2D eigenvalue weighted by Crippen LogP contribution is 2.14. The molecule has 0 bridgehead atoms. The summed E-state index contributed by atoms with van der Waals surface area (Å²) in [6, 6.07) is 8.39. The number of carbonyl (C=O) groups excluding carboxylic acids is 1. The van der Waals surface area contributed by atoms with Crippen LogP contribution in [0.2, 0.25) is 0 Å². The lowest BCUT2D eigenvalue weighted by atomic mass is 10.1. The number of rotatable bonds is 4. The quantitative estimate of drug-likeness (QED) is 0.887. The summed E-state index contributed by atoms with van der Waals surface area (Å²) in [5, 5.41) is 2.96. The first-order valence-electron chi connectivity index (χ1n) is 7.59. The van der Waals surface area contributed by atoms with Crippen LogP contribution in [0.15, 0.2) is 24.3 Å². The number of nitrogens with zero attached hydrogens (tertiary/aromatic N) is 1. The van der Waals surface area contributed by atoms with Gasteiger partial charge >= 0.3 is 6.03 Å². The van der Waals surface area contributed by atoms with Gasteiger partial charge in [-0.05, 0) is 43.4 Å². The third-order valence-electron chi connectivity index (χ3n) is 3.85. The summed E-state index contributed by atoms with van der Waals surface area (Å²) in [5.41, 5.74) is 8.04. The van der Waals surface area contributed by atoms with E-state index in [1.54, 1.807) is 0 Å². The van der Waals surface area contributed by atoms with Crippen LogP contribution in [0.5, 0.6) is 0 Å². The first-order valence-corrected chi connectivity index (χ1v) is 7.59. The van der Waals surface area contributed by atoms with Crippen molar-refractivity contribution in [1.82, 2.24) is 4.90 Å². The number of unbranched alkanes of at least 4 members (excludes halogenated alkanes) is 1. The minimum atomic E-state index is -0.0155. The molecule has 110 valence electrons. The lowest BCUT2D eigenvalue weighted by Crippen LogP contribution is -2.44. The number of nitrogens with one attached hydrogen (secondary N) is 1. The second-order valence-electron chi connectivity index (χ2n) is 5.56. The molecule has 0 aliphatic carbocycles. The number of likely N-dealkylation sites (tertiary alicyclic amines) is 1. The maximum Gasteiger partial charge on any atom is 0.321 e. The Labute approximate surface area is 121 Å². The summed E-state index contributed by atoms with van der Waals surface area (Å²) in [7, 11) is 0. The van der Waals surface area contributed by atoms with Crippen LogP contribution in [0.1, 0.15) is 38.2 Å². The normalized spacial score (nSPS) is 16.2. The first kappa shape index (κ1) is 14.9. The predicted molar refractivity (Wildman–Crippen MR) is 82.9 cm³/mol. The van der Waals surface area contributed by atoms with Gasteiger partial charge in [-0.15, -0.1) is 0 Å². The Balaban J connectivity index is 1.84. The van der Waals surface area contributed by atoms with E-state index in [4.69, 9.17) is 5.73 Å². The van der Waals surface area contributed by atoms with Crippen molar-refractivity contribution in [3.05, 3.63) is 29.8 Å². The van der Waals surface area contributed by atoms with Crippen LogP contribution < -0.4 is 11.1 Å². The fraction of sp³-hybridized carbons (Fsp3) is 0.562. The monoisotopic (exact) mass is 275 g/mol. The van der Waals surface area contributed by atoms with Gasteiger partial charge in [-0.2, -0.15) is 0 Å². The van der Waals surface area contributed by atoms with Gasteiger partial charge in [-0.1, -0.05) is 25.5 Å². The van der Waals surface area contributed by atoms with E-state index in [0.29, 0.717) is 0 Å². The third kappa shape index (κ3) is 4.23. The fourth-order valence-electron chi connectivity index (χ4n) is 2.44. The van der Waals surface area contributed by atoms with E-state index >= 15 is 0 Å². The lowest BCUT2D eigenvalue weighted by Gasteiger charge is -2.30. The van der Waals surface area contributed by atoms with Gasteiger partial charge in [0.2, 0.25) is 0 Å². The Kier molecular flexibility index (Phi) is 5.41. The van der Waals surface area contributed by atoms with Crippen LogP contribution in [0.4, 0.5) is 10.5 Å². The molecule has 1 aromatic carbocycles. The summed E-state index contributed by atoms with van der Waals surface area (Å²) in [5.74, 6) is 0. The first-order chi connectivity index (χ1) is 9.69. The summed E-state index contributed by atoms with van der Waals surface area (Å²) in [4.78, 5) is 13.9. The number of hydrogen-bond donors (Lipinski definition) is 2. The van der Waals surface area contributed by atoms with Crippen molar-refractivity contribution in [2.75, 3.05) is 18.4 Å². The zero-order valence-electron chi connectivity index (χ0n) is 12.3. The number of amides is 2. The maximum atomic E-state index is 12.1. The van der Waals surface area contributed by atoms with Crippen molar-refractivity contribution < 1.29 is 4.79 Å². The highest BCUT2D eigenvalue weighted by Gasteiger charge is 2.20. The van der Waals surface area contributed by atoms with Crippen LogP contribution in [0.3, 0.4) is 0 Å². The number of hydrogen-bond acceptors (Lipinski definition) is 2. The van der Waals surface area contributed by atoms with E-state index in [2.05, 4.69) is 24.4 Å².